The Hall–Kier alpha value is -0.640. The number of carbonyl (C=O) groups excluding carboxylic acids is 1. The topological polar surface area (TPSA) is 51.2 Å². The van der Waals surface area contributed by atoms with Crippen LogP contribution in [0.4, 0.5) is 0 Å². The molecule has 1 atom stereocenters. The standard InChI is InChI=1S/C7H10O3S/c1-6(5-8)7-3-2-4-11(7,9)10/h5,7H,1-4H2. The van der Waals surface area contributed by atoms with E-state index in [1.54, 1.807) is 0 Å². The molecule has 0 amide bonds. The molecule has 1 aliphatic rings. The van der Waals surface area contributed by atoms with Crippen molar-refractivity contribution >= 4 is 16.1 Å². The largest absolute Gasteiger partial charge is 0.298 e. The minimum Gasteiger partial charge on any atom is -0.298 e. The molecule has 1 fully saturated rings. The molecular formula is C7H10O3S. The van der Waals surface area contributed by atoms with E-state index in [2.05, 4.69) is 6.58 Å². The summed E-state index contributed by atoms with van der Waals surface area (Å²) >= 11 is 0. The van der Waals surface area contributed by atoms with E-state index in [0.29, 0.717) is 19.1 Å². The van der Waals surface area contributed by atoms with Crippen LogP contribution < -0.4 is 0 Å². The first kappa shape index (κ1) is 8.46. The zero-order valence-electron chi connectivity index (χ0n) is 6.12. The molecule has 3 nitrogen and oxygen atoms in total. The SMILES string of the molecule is C=C(C=O)C1CCCS1(=O)=O. The molecule has 1 heterocycles. The summed E-state index contributed by atoms with van der Waals surface area (Å²) < 4.78 is 22.3. The lowest BCUT2D eigenvalue weighted by Crippen LogP contribution is -2.18. The zero-order chi connectivity index (χ0) is 8.48. The van der Waals surface area contributed by atoms with Crippen molar-refractivity contribution in [2.45, 2.75) is 18.1 Å². The van der Waals surface area contributed by atoms with Crippen LogP contribution in [0.3, 0.4) is 0 Å². The Morgan fingerprint density at radius 3 is 2.55 bits per heavy atom. The van der Waals surface area contributed by atoms with Crippen LogP contribution in [0.2, 0.25) is 0 Å². The Labute approximate surface area is 66.0 Å². The van der Waals surface area contributed by atoms with Crippen molar-refractivity contribution < 1.29 is 13.2 Å². The highest BCUT2D eigenvalue weighted by molar-refractivity contribution is 7.92. The highest BCUT2D eigenvalue weighted by Crippen LogP contribution is 2.24. The van der Waals surface area contributed by atoms with Crippen molar-refractivity contribution in [1.82, 2.24) is 0 Å². The fourth-order valence-corrected chi connectivity index (χ4v) is 3.18. The molecule has 0 aromatic heterocycles. The predicted octanol–water partition coefficient (Wildman–Crippen LogP) is 0.319. The molecule has 0 aromatic rings. The van der Waals surface area contributed by atoms with E-state index in [4.69, 9.17) is 0 Å². The minimum atomic E-state index is -3.03. The summed E-state index contributed by atoms with van der Waals surface area (Å²) in [6.07, 6.45) is 1.74. The summed E-state index contributed by atoms with van der Waals surface area (Å²) in [4.78, 5) is 10.2. The van der Waals surface area contributed by atoms with Crippen molar-refractivity contribution in [1.29, 1.82) is 0 Å². The van der Waals surface area contributed by atoms with Crippen molar-refractivity contribution in [3.05, 3.63) is 12.2 Å². The summed E-state index contributed by atoms with van der Waals surface area (Å²) in [5, 5.41) is -0.597. The van der Waals surface area contributed by atoms with Crippen molar-refractivity contribution in [2.75, 3.05) is 5.75 Å². The average molecular weight is 174 g/mol. The second kappa shape index (κ2) is 2.77. The van der Waals surface area contributed by atoms with Crippen LogP contribution in [-0.4, -0.2) is 25.7 Å². The van der Waals surface area contributed by atoms with Gasteiger partial charge in [0.15, 0.2) is 9.84 Å². The third-order valence-electron chi connectivity index (χ3n) is 1.89. The molecule has 0 saturated carbocycles. The number of hydrogen-bond donors (Lipinski definition) is 0. The Morgan fingerprint density at radius 1 is 1.55 bits per heavy atom. The molecule has 4 heteroatoms. The minimum absolute atomic E-state index is 0.197. The molecule has 11 heavy (non-hydrogen) atoms. The van der Waals surface area contributed by atoms with E-state index in [1.807, 2.05) is 0 Å². The summed E-state index contributed by atoms with van der Waals surface area (Å²) in [6.45, 7) is 3.40. The first-order chi connectivity index (χ1) is 5.08. The van der Waals surface area contributed by atoms with E-state index in [9.17, 15) is 13.2 Å². The van der Waals surface area contributed by atoms with Gasteiger partial charge in [-0.05, 0) is 12.8 Å². The Bertz CT molecular complexity index is 276. The zero-order valence-corrected chi connectivity index (χ0v) is 6.93. The fraction of sp³-hybridized carbons (Fsp3) is 0.571. The fourth-order valence-electron chi connectivity index (χ4n) is 1.28. The van der Waals surface area contributed by atoms with Crippen LogP contribution in [0.1, 0.15) is 12.8 Å². The van der Waals surface area contributed by atoms with E-state index in [1.165, 1.54) is 0 Å². The highest BCUT2D eigenvalue weighted by atomic mass is 32.2. The van der Waals surface area contributed by atoms with Crippen molar-refractivity contribution in [3.63, 3.8) is 0 Å². The molecule has 1 saturated heterocycles. The number of carbonyl (C=O) groups is 1. The normalized spacial score (nSPS) is 28.2. The summed E-state index contributed by atoms with van der Waals surface area (Å²) in [7, 11) is -3.03. The van der Waals surface area contributed by atoms with Crippen LogP contribution in [0.5, 0.6) is 0 Å². The van der Waals surface area contributed by atoms with Crippen molar-refractivity contribution in [2.24, 2.45) is 0 Å². The van der Waals surface area contributed by atoms with Gasteiger partial charge in [0.25, 0.3) is 0 Å². The number of sulfone groups is 1. The third-order valence-corrected chi connectivity index (χ3v) is 4.16. The number of aldehydes is 1. The molecule has 1 unspecified atom stereocenters. The molecule has 62 valence electrons. The second-order valence-electron chi connectivity index (χ2n) is 2.69. The first-order valence-electron chi connectivity index (χ1n) is 3.43. The van der Waals surface area contributed by atoms with Gasteiger partial charge in [0.05, 0.1) is 11.0 Å². The predicted molar refractivity (Wildman–Crippen MR) is 42.0 cm³/mol. The van der Waals surface area contributed by atoms with Gasteiger partial charge >= 0.3 is 0 Å². The molecule has 1 rings (SSSR count). The lowest BCUT2D eigenvalue weighted by atomic mass is 10.1. The van der Waals surface area contributed by atoms with Crippen LogP contribution in [0, 0.1) is 0 Å². The lowest BCUT2D eigenvalue weighted by molar-refractivity contribution is -0.105. The maximum atomic E-state index is 11.1. The van der Waals surface area contributed by atoms with E-state index in [0.717, 1.165) is 0 Å². The molecular weight excluding hydrogens is 164 g/mol. The quantitative estimate of drug-likeness (QED) is 0.447. The Balaban J connectivity index is 2.90. The average Bonchev–Trinajstić information content (AvgIpc) is 2.28. The summed E-state index contributed by atoms with van der Waals surface area (Å²) in [5.74, 6) is 0.199. The van der Waals surface area contributed by atoms with Gasteiger partial charge in [-0.15, -0.1) is 0 Å². The van der Waals surface area contributed by atoms with E-state index in [-0.39, 0.29) is 11.3 Å². The molecule has 0 aliphatic carbocycles. The molecule has 0 N–H and O–H groups in total. The third kappa shape index (κ3) is 1.50. The van der Waals surface area contributed by atoms with Gasteiger partial charge in [0.2, 0.25) is 0 Å². The first-order valence-corrected chi connectivity index (χ1v) is 5.15. The number of hydrogen-bond acceptors (Lipinski definition) is 3. The maximum Gasteiger partial charge on any atom is 0.157 e. The van der Waals surface area contributed by atoms with Gasteiger partial charge in [-0.3, -0.25) is 4.79 Å². The smallest absolute Gasteiger partial charge is 0.157 e. The monoisotopic (exact) mass is 174 g/mol. The summed E-state index contributed by atoms with van der Waals surface area (Å²) in [5.41, 5.74) is 0.197. The van der Waals surface area contributed by atoms with Crippen molar-refractivity contribution in [3.8, 4) is 0 Å². The van der Waals surface area contributed by atoms with Crippen LogP contribution in [-0.2, 0) is 14.6 Å². The van der Waals surface area contributed by atoms with Crippen LogP contribution in [0.25, 0.3) is 0 Å². The molecule has 0 radical (unpaired) electrons. The van der Waals surface area contributed by atoms with E-state index < -0.39 is 15.1 Å². The number of rotatable bonds is 2. The maximum absolute atomic E-state index is 11.1. The Kier molecular flexibility index (Phi) is 2.13. The van der Waals surface area contributed by atoms with Gasteiger partial charge in [0, 0.05) is 5.57 Å². The van der Waals surface area contributed by atoms with Gasteiger partial charge in [-0.2, -0.15) is 0 Å². The van der Waals surface area contributed by atoms with Gasteiger partial charge in [-0.1, -0.05) is 6.58 Å². The summed E-state index contributed by atoms with van der Waals surface area (Å²) in [6, 6.07) is 0. The molecule has 1 aliphatic heterocycles. The molecule has 0 spiro atoms. The van der Waals surface area contributed by atoms with Crippen LogP contribution in [0.15, 0.2) is 12.2 Å². The van der Waals surface area contributed by atoms with Gasteiger partial charge in [-0.25, -0.2) is 8.42 Å². The highest BCUT2D eigenvalue weighted by Gasteiger charge is 2.32. The lowest BCUT2D eigenvalue weighted by Gasteiger charge is -2.05. The van der Waals surface area contributed by atoms with Gasteiger partial charge in [0.1, 0.15) is 6.29 Å². The second-order valence-corrected chi connectivity index (χ2v) is 4.99. The van der Waals surface area contributed by atoms with E-state index >= 15 is 0 Å². The molecule has 0 bridgehead atoms. The molecule has 0 aromatic carbocycles. The van der Waals surface area contributed by atoms with Gasteiger partial charge < -0.3 is 0 Å². The van der Waals surface area contributed by atoms with Crippen LogP contribution >= 0.6 is 0 Å². The Morgan fingerprint density at radius 2 is 2.18 bits per heavy atom.